The number of carbonyl (C=O) groups is 1. The van der Waals surface area contributed by atoms with Gasteiger partial charge in [0.1, 0.15) is 7.34 Å². The van der Waals surface area contributed by atoms with Crippen LogP contribution >= 0.6 is 35.6 Å². The van der Waals surface area contributed by atoms with Crippen molar-refractivity contribution in [3.05, 3.63) is 0 Å². The van der Waals surface area contributed by atoms with E-state index in [-0.39, 0.29) is 19.1 Å². The van der Waals surface area contributed by atoms with Crippen molar-refractivity contribution in [2.75, 3.05) is 58.3 Å². The molecule has 3 unspecified atom stereocenters. The molecule has 37 heavy (non-hydrogen) atoms. The molecule has 0 aliphatic rings. The van der Waals surface area contributed by atoms with Crippen molar-refractivity contribution >= 4 is 59.8 Å². The van der Waals surface area contributed by atoms with Crippen LogP contribution in [-0.2, 0) is 30.1 Å². The van der Waals surface area contributed by atoms with Crippen molar-refractivity contribution in [1.29, 1.82) is 0 Å². The molecule has 0 aromatic carbocycles. The Bertz CT molecular complexity index is 657. The van der Waals surface area contributed by atoms with Crippen LogP contribution in [0.3, 0.4) is 0 Å². The van der Waals surface area contributed by atoms with Crippen molar-refractivity contribution in [2.24, 2.45) is 5.92 Å². The predicted octanol–water partition coefficient (Wildman–Crippen LogP) is 5.79. The summed E-state index contributed by atoms with van der Waals surface area (Å²) in [5, 5.41) is 12.1. The van der Waals surface area contributed by atoms with Crippen LogP contribution in [0.1, 0.15) is 70.6 Å². The minimum atomic E-state index is -3.29. The van der Waals surface area contributed by atoms with Crippen LogP contribution in [0.15, 0.2) is 0 Å². The second-order valence-corrected chi connectivity index (χ2v) is 16.8. The summed E-state index contributed by atoms with van der Waals surface area (Å²) in [6, 6.07) is 0. The Kier molecular flexibility index (Phi) is 24.9. The highest BCUT2D eigenvalue weighted by Gasteiger charge is 2.18. The third-order valence-corrected chi connectivity index (χ3v) is 10.1. The fourth-order valence-corrected chi connectivity index (χ4v) is 7.13. The average molecular weight is 626 g/mol. The van der Waals surface area contributed by atoms with E-state index in [1.54, 1.807) is 6.66 Å². The maximum atomic E-state index is 11.0. The number of carbonyl (C=O) groups excluding carboxylic acids is 1. The van der Waals surface area contributed by atoms with Gasteiger partial charge in [-0.15, -0.1) is 0 Å². The third kappa shape index (κ3) is 28.0. The Morgan fingerprint density at radius 2 is 1.49 bits per heavy atom. The highest BCUT2D eigenvalue weighted by atomic mass is 33.1. The first-order chi connectivity index (χ1) is 17.6. The maximum absolute atomic E-state index is 11.0. The molecule has 0 saturated heterocycles. The number of hydrogen-bond donors (Lipinski definition) is 4. The van der Waals surface area contributed by atoms with Crippen molar-refractivity contribution < 1.29 is 38.0 Å². The van der Waals surface area contributed by atoms with Crippen molar-refractivity contribution in [1.82, 2.24) is 5.32 Å². The van der Waals surface area contributed by atoms with Gasteiger partial charge in [0.05, 0.1) is 26.9 Å². The van der Waals surface area contributed by atoms with Gasteiger partial charge in [0, 0.05) is 37.2 Å². The number of alkyl carbamates (subject to hydrolysis) is 1. The Balaban J connectivity index is 3.55. The zero-order valence-corrected chi connectivity index (χ0v) is 26.8. The van der Waals surface area contributed by atoms with Crippen LogP contribution < -0.4 is 5.32 Å². The van der Waals surface area contributed by atoms with Gasteiger partial charge in [0.2, 0.25) is 0 Å². The minimum Gasteiger partial charge on any atom is -0.453 e. The minimum absolute atomic E-state index is 0.0610. The molecule has 0 spiro atoms. The Hall–Kier alpha value is 0.680. The molecule has 0 saturated carbocycles. The summed E-state index contributed by atoms with van der Waals surface area (Å²) < 4.78 is 20.6. The number of aliphatic hydroxyl groups excluding tert-OH is 1. The van der Waals surface area contributed by atoms with Crippen LogP contribution in [0.4, 0.5) is 4.79 Å². The van der Waals surface area contributed by atoms with Crippen LogP contribution in [0, 0.1) is 5.92 Å². The Morgan fingerprint density at radius 1 is 0.919 bits per heavy atom. The molecule has 0 aliphatic heterocycles. The van der Waals surface area contributed by atoms with Crippen molar-refractivity contribution in [2.45, 2.75) is 70.6 Å². The van der Waals surface area contributed by atoms with Crippen molar-refractivity contribution in [3.8, 4) is 0 Å². The molecular formula is C23H49NO8P2S3. The highest BCUT2D eigenvalue weighted by Crippen LogP contribution is 2.44. The summed E-state index contributed by atoms with van der Waals surface area (Å²) in [6.45, 7) is -0.0687. The molecule has 0 bridgehead atoms. The molecule has 9 nitrogen and oxygen atoms in total. The summed E-state index contributed by atoms with van der Waals surface area (Å²) in [7, 11) is 2.84. The fourth-order valence-electron chi connectivity index (χ4n) is 3.08. The molecule has 4 N–H and O–H groups in total. The van der Waals surface area contributed by atoms with Crippen LogP contribution in [0.25, 0.3) is 0 Å². The number of nitrogens with one attached hydrogen (secondary N) is 1. The van der Waals surface area contributed by atoms with E-state index in [1.807, 2.05) is 21.6 Å². The first kappa shape index (κ1) is 37.7. The lowest BCUT2D eigenvalue weighted by Crippen LogP contribution is -2.24. The molecule has 0 fully saturated rings. The molecule has 0 aliphatic carbocycles. The number of rotatable bonds is 26. The largest absolute Gasteiger partial charge is 0.453 e. The summed E-state index contributed by atoms with van der Waals surface area (Å²) >= 11 is 5.08. The average Bonchev–Trinajstić information content (AvgIpc) is 2.84. The molecule has 0 heterocycles. The summed E-state index contributed by atoms with van der Waals surface area (Å²) in [5.41, 5.74) is 0. The lowest BCUT2D eigenvalue weighted by atomic mass is 10.0. The van der Waals surface area contributed by atoms with Gasteiger partial charge in [-0.1, -0.05) is 60.0 Å². The Labute approximate surface area is 237 Å². The number of unbranched alkanes of at least 4 members (excludes halogenated alkanes) is 7. The lowest BCUT2D eigenvalue weighted by Gasteiger charge is -2.20. The molecule has 3 atom stereocenters. The highest BCUT2D eigenvalue weighted by molar-refractivity contribution is 8.76. The zero-order valence-electron chi connectivity index (χ0n) is 22.5. The van der Waals surface area contributed by atoms with Gasteiger partial charge >= 0.3 is 12.8 Å². The molecule has 14 heteroatoms. The van der Waals surface area contributed by atoms with Gasteiger partial charge < -0.3 is 38.5 Å². The van der Waals surface area contributed by atoms with Gasteiger partial charge in [-0.2, -0.15) is 0 Å². The predicted molar refractivity (Wildman–Crippen MR) is 163 cm³/mol. The normalized spacial score (nSPS) is 15.6. The molecule has 0 rings (SSSR count). The van der Waals surface area contributed by atoms with Gasteiger partial charge in [-0.25, -0.2) is 4.79 Å². The van der Waals surface area contributed by atoms with Crippen molar-refractivity contribution in [3.63, 3.8) is 0 Å². The SMILES string of the molecule is C=P(C)(O)OCCCCCCSSCCCCCCOP(O)(=S)OCC(CO)CCCCNC(=O)OC. The van der Waals surface area contributed by atoms with Crippen LogP contribution in [0.2, 0.25) is 0 Å². The molecule has 0 aromatic rings. The zero-order chi connectivity index (χ0) is 27.8. The number of methoxy groups -OCH3 is 1. The summed E-state index contributed by atoms with van der Waals surface area (Å²) in [5.74, 6) is 2.15. The quantitative estimate of drug-likeness (QED) is 0.0530. The topological polar surface area (TPSA) is 127 Å². The second kappa shape index (κ2) is 24.5. The van der Waals surface area contributed by atoms with E-state index in [0.29, 0.717) is 26.2 Å². The first-order valence-electron chi connectivity index (χ1n) is 13.0. The molecular weight excluding hydrogens is 576 g/mol. The van der Waals surface area contributed by atoms with Gasteiger partial charge in [0.15, 0.2) is 0 Å². The standard InChI is InChI=1S/C23H49NO8P2S3/c1-29-23(26)24-15-9-8-14-22(20-25)21-32-34(28,35)31-17-11-5-7-13-19-37-36-18-12-6-4-10-16-30-33(2,3)27/h22,25,27H,2,4-21H2,1,3H3,(H,24,26)(H,28,35). The van der Waals surface area contributed by atoms with Crippen LogP contribution in [0.5, 0.6) is 0 Å². The molecule has 0 radical (unpaired) electrons. The number of hydrogen-bond acceptors (Lipinski definition) is 10. The fraction of sp³-hybridized carbons (Fsp3) is 0.913. The molecule has 222 valence electrons. The van der Waals surface area contributed by atoms with E-state index < -0.39 is 20.2 Å². The lowest BCUT2D eigenvalue weighted by molar-refractivity contribution is 0.127. The Morgan fingerprint density at radius 3 is 2.03 bits per heavy atom. The van der Waals surface area contributed by atoms with E-state index in [9.17, 15) is 19.7 Å². The maximum Gasteiger partial charge on any atom is 0.406 e. The van der Waals surface area contributed by atoms with Gasteiger partial charge in [-0.3, -0.25) is 0 Å². The number of amides is 1. The summed E-state index contributed by atoms with van der Waals surface area (Å²) in [6.07, 6.45) is 14.0. The molecule has 0 aromatic heterocycles. The monoisotopic (exact) mass is 625 g/mol. The first-order valence-corrected chi connectivity index (χ1v) is 20.3. The summed E-state index contributed by atoms with van der Waals surface area (Å²) in [4.78, 5) is 30.7. The van der Waals surface area contributed by atoms with E-state index >= 15 is 0 Å². The second-order valence-electron chi connectivity index (χ2n) is 8.92. The van der Waals surface area contributed by atoms with E-state index in [2.05, 4.69) is 16.4 Å². The van der Waals surface area contributed by atoms with Gasteiger partial charge in [0.25, 0.3) is 0 Å². The third-order valence-electron chi connectivity index (χ3n) is 5.18. The number of aliphatic hydroxyl groups is 1. The molecule has 1 amide bonds. The van der Waals surface area contributed by atoms with E-state index in [0.717, 1.165) is 62.9 Å². The van der Waals surface area contributed by atoms with Gasteiger partial charge in [-0.05, 0) is 50.3 Å². The number of ether oxygens (including phenoxy) is 1. The van der Waals surface area contributed by atoms with Crippen LogP contribution in [-0.4, -0.2) is 85.5 Å². The smallest absolute Gasteiger partial charge is 0.406 e. The van der Waals surface area contributed by atoms with E-state index in [4.69, 9.17) is 25.4 Å². The van der Waals surface area contributed by atoms with E-state index in [1.165, 1.54) is 20.0 Å².